The zero-order valence-corrected chi connectivity index (χ0v) is 10.7. The van der Waals surface area contributed by atoms with Crippen molar-refractivity contribution in [2.24, 2.45) is 0 Å². The van der Waals surface area contributed by atoms with Crippen LogP contribution in [0.2, 0.25) is 0 Å². The van der Waals surface area contributed by atoms with Gasteiger partial charge in [-0.05, 0) is 29.0 Å². The van der Waals surface area contributed by atoms with Crippen LogP contribution >= 0.6 is 22.6 Å². The molecule has 7 heteroatoms. The van der Waals surface area contributed by atoms with E-state index in [0.717, 1.165) is 9.83 Å². The van der Waals surface area contributed by atoms with E-state index in [1.165, 1.54) is 0 Å². The quantitative estimate of drug-likeness (QED) is 0.456. The van der Waals surface area contributed by atoms with Crippen LogP contribution in [0.5, 0.6) is 0 Å². The molecular formula is C7H11IN2O3S. The molecule has 1 heterocycles. The highest BCUT2D eigenvalue weighted by atomic mass is 127. The second-order valence-electron chi connectivity index (χ2n) is 2.80. The summed E-state index contributed by atoms with van der Waals surface area (Å²) >= 11 is 2.16. The summed E-state index contributed by atoms with van der Waals surface area (Å²) in [5.41, 5.74) is 0. The molecular weight excluding hydrogens is 319 g/mol. The Morgan fingerprint density at radius 3 is 2.86 bits per heavy atom. The first-order valence-corrected chi connectivity index (χ1v) is 6.89. The average Bonchev–Trinajstić information content (AvgIpc) is 2.44. The molecule has 0 unspecified atom stereocenters. The number of rotatable bonds is 5. The Morgan fingerprint density at radius 2 is 2.36 bits per heavy atom. The van der Waals surface area contributed by atoms with Gasteiger partial charge in [-0.25, -0.2) is 0 Å². The standard InChI is InChI=1S/C7H11IN2O3S/c1-14(11,12)13-4-2-3-10-6-7(8)5-9-10/h5-6H,2-4H2,1H3. The summed E-state index contributed by atoms with van der Waals surface area (Å²) in [5.74, 6) is 0. The molecule has 14 heavy (non-hydrogen) atoms. The van der Waals surface area contributed by atoms with E-state index >= 15 is 0 Å². The van der Waals surface area contributed by atoms with E-state index in [1.54, 1.807) is 10.9 Å². The van der Waals surface area contributed by atoms with Crippen molar-refractivity contribution < 1.29 is 12.6 Å². The number of nitrogens with zero attached hydrogens (tertiary/aromatic N) is 2. The van der Waals surface area contributed by atoms with Crippen LogP contribution in [-0.4, -0.2) is 31.1 Å². The van der Waals surface area contributed by atoms with E-state index in [-0.39, 0.29) is 6.61 Å². The molecule has 5 nitrogen and oxygen atoms in total. The van der Waals surface area contributed by atoms with Crippen LogP contribution in [0.3, 0.4) is 0 Å². The molecule has 0 atom stereocenters. The molecule has 1 aromatic heterocycles. The summed E-state index contributed by atoms with van der Waals surface area (Å²) in [5, 5.41) is 4.05. The average molecular weight is 330 g/mol. The maximum absolute atomic E-state index is 10.6. The van der Waals surface area contributed by atoms with Crippen molar-refractivity contribution in [1.29, 1.82) is 0 Å². The Morgan fingerprint density at radius 1 is 1.64 bits per heavy atom. The van der Waals surface area contributed by atoms with E-state index in [1.807, 2.05) is 6.20 Å². The van der Waals surface area contributed by atoms with Crippen LogP contribution in [0.1, 0.15) is 6.42 Å². The van der Waals surface area contributed by atoms with Crippen LogP contribution < -0.4 is 0 Å². The molecule has 0 saturated heterocycles. The summed E-state index contributed by atoms with van der Waals surface area (Å²) in [6.45, 7) is 0.869. The predicted octanol–water partition coefficient (Wildman–Crippen LogP) is 0.854. The molecule has 0 saturated carbocycles. The fraction of sp³-hybridized carbons (Fsp3) is 0.571. The van der Waals surface area contributed by atoms with Gasteiger partial charge in [0.05, 0.1) is 22.6 Å². The Balaban J connectivity index is 2.23. The third-order valence-electron chi connectivity index (χ3n) is 1.43. The topological polar surface area (TPSA) is 61.2 Å². The highest BCUT2D eigenvalue weighted by Crippen LogP contribution is 2.02. The van der Waals surface area contributed by atoms with Gasteiger partial charge in [0.1, 0.15) is 0 Å². The third-order valence-corrected chi connectivity index (χ3v) is 2.58. The minimum absolute atomic E-state index is 0.204. The first-order chi connectivity index (χ1) is 6.47. The lowest BCUT2D eigenvalue weighted by molar-refractivity contribution is 0.304. The second-order valence-corrected chi connectivity index (χ2v) is 5.69. The molecule has 0 radical (unpaired) electrons. The molecule has 0 N–H and O–H groups in total. The number of halogens is 1. The molecule has 0 amide bonds. The van der Waals surface area contributed by atoms with Crippen molar-refractivity contribution in [2.45, 2.75) is 13.0 Å². The van der Waals surface area contributed by atoms with Crippen LogP contribution in [0.4, 0.5) is 0 Å². The number of aryl methyl sites for hydroxylation is 1. The van der Waals surface area contributed by atoms with Gasteiger partial charge in [-0.15, -0.1) is 0 Å². The maximum atomic E-state index is 10.6. The lowest BCUT2D eigenvalue weighted by Gasteiger charge is -2.01. The molecule has 0 aromatic carbocycles. The van der Waals surface area contributed by atoms with Gasteiger partial charge in [0.15, 0.2) is 0 Å². The van der Waals surface area contributed by atoms with Gasteiger partial charge < -0.3 is 0 Å². The summed E-state index contributed by atoms with van der Waals surface area (Å²) in [6.07, 6.45) is 5.31. The highest BCUT2D eigenvalue weighted by molar-refractivity contribution is 14.1. The Kier molecular flexibility index (Phi) is 4.32. The van der Waals surface area contributed by atoms with Gasteiger partial charge in [-0.1, -0.05) is 0 Å². The van der Waals surface area contributed by atoms with E-state index < -0.39 is 10.1 Å². The van der Waals surface area contributed by atoms with Crippen molar-refractivity contribution in [2.75, 3.05) is 12.9 Å². The Labute approximate surface area is 96.7 Å². The minimum Gasteiger partial charge on any atom is -0.272 e. The summed E-state index contributed by atoms with van der Waals surface area (Å²) < 4.78 is 28.6. The Hall–Kier alpha value is -0.150. The molecule has 0 spiro atoms. The molecule has 80 valence electrons. The summed E-state index contributed by atoms with van der Waals surface area (Å²) in [6, 6.07) is 0. The minimum atomic E-state index is -3.30. The van der Waals surface area contributed by atoms with Gasteiger partial charge in [0.2, 0.25) is 0 Å². The Bertz CT molecular complexity index is 387. The monoisotopic (exact) mass is 330 g/mol. The van der Waals surface area contributed by atoms with E-state index in [4.69, 9.17) is 0 Å². The maximum Gasteiger partial charge on any atom is 0.264 e. The lowest BCUT2D eigenvalue weighted by atomic mass is 10.5. The van der Waals surface area contributed by atoms with Crippen LogP contribution in [0.15, 0.2) is 12.4 Å². The third kappa shape index (κ3) is 4.91. The van der Waals surface area contributed by atoms with Crippen molar-refractivity contribution >= 4 is 32.7 Å². The normalized spacial score (nSPS) is 11.9. The predicted molar refractivity (Wildman–Crippen MR) is 60.4 cm³/mol. The van der Waals surface area contributed by atoms with Gasteiger partial charge in [0, 0.05) is 12.7 Å². The molecule has 0 aliphatic rings. The largest absolute Gasteiger partial charge is 0.272 e. The zero-order valence-electron chi connectivity index (χ0n) is 7.68. The fourth-order valence-electron chi connectivity index (χ4n) is 0.897. The number of hydrogen-bond acceptors (Lipinski definition) is 4. The molecule has 0 bridgehead atoms. The van der Waals surface area contributed by atoms with Crippen molar-refractivity contribution in [3.8, 4) is 0 Å². The van der Waals surface area contributed by atoms with E-state index in [0.29, 0.717) is 13.0 Å². The van der Waals surface area contributed by atoms with E-state index in [9.17, 15) is 8.42 Å². The van der Waals surface area contributed by atoms with Gasteiger partial charge >= 0.3 is 0 Å². The summed E-state index contributed by atoms with van der Waals surface area (Å²) in [7, 11) is -3.30. The smallest absolute Gasteiger partial charge is 0.264 e. The molecule has 0 fully saturated rings. The van der Waals surface area contributed by atoms with Crippen molar-refractivity contribution in [3.05, 3.63) is 16.0 Å². The van der Waals surface area contributed by atoms with Gasteiger partial charge in [-0.3, -0.25) is 8.86 Å². The lowest BCUT2D eigenvalue weighted by Crippen LogP contribution is -2.07. The second kappa shape index (κ2) is 5.08. The molecule has 1 aromatic rings. The first-order valence-electron chi connectivity index (χ1n) is 4.00. The number of aromatic nitrogens is 2. The zero-order chi connectivity index (χ0) is 10.6. The van der Waals surface area contributed by atoms with Crippen LogP contribution in [-0.2, 0) is 20.8 Å². The molecule has 0 aliphatic heterocycles. The highest BCUT2D eigenvalue weighted by Gasteiger charge is 2.01. The van der Waals surface area contributed by atoms with E-state index in [2.05, 4.69) is 31.9 Å². The van der Waals surface area contributed by atoms with Crippen LogP contribution in [0.25, 0.3) is 0 Å². The van der Waals surface area contributed by atoms with Crippen molar-refractivity contribution in [3.63, 3.8) is 0 Å². The molecule has 1 rings (SSSR count). The fourth-order valence-corrected chi connectivity index (χ4v) is 1.76. The van der Waals surface area contributed by atoms with Crippen molar-refractivity contribution in [1.82, 2.24) is 9.78 Å². The first kappa shape index (κ1) is 11.9. The molecule has 0 aliphatic carbocycles. The van der Waals surface area contributed by atoms with Gasteiger partial charge in [-0.2, -0.15) is 13.5 Å². The van der Waals surface area contributed by atoms with Crippen LogP contribution in [0, 0.1) is 3.57 Å². The van der Waals surface area contributed by atoms with Gasteiger partial charge in [0.25, 0.3) is 10.1 Å². The summed E-state index contributed by atoms with van der Waals surface area (Å²) in [4.78, 5) is 0. The SMILES string of the molecule is CS(=O)(=O)OCCCn1cc(I)cn1. The number of hydrogen-bond donors (Lipinski definition) is 0.